The van der Waals surface area contributed by atoms with Gasteiger partial charge in [0.15, 0.2) is 0 Å². The summed E-state index contributed by atoms with van der Waals surface area (Å²) in [6.07, 6.45) is 14.1. The summed E-state index contributed by atoms with van der Waals surface area (Å²) in [6, 6.07) is 6.73. The average Bonchev–Trinajstić information content (AvgIpc) is 2.73. The minimum Gasteiger partial charge on any atom is -0.478 e. The molecule has 0 bridgehead atoms. The molecule has 0 unspecified atom stereocenters. The van der Waals surface area contributed by atoms with Gasteiger partial charge in [-0.1, -0.05) is 31.1 Å². The largest absolute Gasteiger partial charge is 0.478 e. The lowest BCUT2D eigenvalue weighted by molar-refractivity contribution is -0.131. The quantitative estimate of drug-likeness (QED) is 0.220. The van der Waals surface area contributed by atoms with Crippen LogP contribution >= 0.6 is 0 Å². The van der Waals surface area contributed by atoms with Gasteiger partial charge < -0.3 is 14.6 Å². The Labute approximate surface area is 173 Å². The number of carboxylic acid groups (broad SMARTS) is 1. The molecule has 1 aromatic rings. The lowest BCUT2D eigenvalue weighted by atomic mass is 9.95. The molecule has 0 aromatic heterocycles. The van der Waals surface area contributed by atoms with Crippen molar-refractivity contribution in [3.05, 3.63) is 54.1 Å². The van der Waals surface area contributed by atoms with Gasteiger partial charge in [0.05, 0.1) is 11.7 Å². The highest BCUT2D eigenvalue weighted by Gasteiger charge is 2.24. The summed E-state index contributed by atoms with van der Waals surface area (Å²) < 4.78 is 11.6. The Morgan fingerprint density at radius 1 is 1.00 bits per heavy atom. The molecule has 2 rings (SSSR count). The molecule has 0 amide bonds. The van der Waals surface area contributed by atoms with Gasteiger partial charge in [-0.3, -0.25) is 0 Å². The molecule has 5 nitrogen and oxygen atoms in total. The van der Waals surface area contributed by atoms with Gasteiger partial charge in [0.1, 0.15) is 6.10 Å². The molecule has 1 aromatic carbocycles. The second-order valence-corrected chi connectivity index (χ2v) is 7.46. The lowest BCUT2D eigenvalue weighted by Gasteiger charge is -2.28. The van der Waals surface area contributed by atoms with Crippen molar-refractivity contribution in [1.29, 1.82) is 0 Å². The highest BCUT2D eigenvalue weighted by atomic mass is 16.5. The third kappa shape index (κ3) is 9.09. The predicted molar refractivity (Wildman–Crippen MR) is 114 cm³/mol. The number of ether oxygens (including phenoxy) is 2. The summed E-state index contributed by atoms with van der Waals surface area (Å²) in [5.41, 5.74) is 1.20. The summed E-state index contributed by atoms with van der Waals surface area (Å²) >= 11 is 0. The van der Waals surface area contributed by atoms with E-state index in [0.29, 0.717) is 5.56 Å². The predicted octanol–water partition coefficient (Wildman–Crippen LogP) is 5.41. The van der Waals surface area contributed by atoms with Crippen molar-refractivity contribution in [1.82, 2.24) is 0 Å². The molecule has 0 atom stereocenters. The minimum absolute atomic E-state index is 0.0622. The van der Waals surface area contributed by atoms with E-state index < -0.39 is 5.97 Å². The number of hydrogen-bond donors (Lipinski definition) is 1. The Hall–Kier alpha value is -2.40. The fraction of sp³-hybridized carbons (Fsp3) is 0.500. The molecule has 0 spiro atoms. The van der Waals surface area contributed by atoms with E-state index >= 15 is 0 Å². The maximum atomic E-state index is 12.3. The van der Waals surface area contributed by atoms with Crippen molar-refractivity contribution in [3.8, 4) is 0 Å². The Morgan fingerprint density at radius 2 is 1.66 bits per heavy atom. The van der Waals surface area contributed by atoms with E-state index in [4.69, 9.17) is 14.6 Å². The first-order chi connectivity index (χ1) is 14.1. The van der Waals surface area contributed by atoms with E-state index in [1.807, 2.05) is 6.08 Å². The van der Waals surface area contributed by atoms with Crippen LogP contribution in [0.15, 0.2) is 43.0 Å². The minimum atomic E-state index is -1.00. The van der Waals surface area contributed by atoms with Gasteiger partial charge >= 0.3 is 11.9 Å². The molecule has 29 heavy (non-hydrogen) atoms. The Bertz CT molecular complexity index is 669. The number of carbonyl (C=O) groups excluding carboxylic acids is 1. The van der Waals surface area contributed by atoms with Crippen LogP contribution in [0.5, 0.6) is 0 Å². The van der Waals surface area contributed by atoms with Crippen molar-refractivity contribution in [2.75, 3.05) is 6.61 Å². The summed E-state index contributed by atoms with van der Waals surface area (Å²) in [5, 5.41) is 8.65. The van der Waals surface area contributed by atoms with Crippen LogP contribution in [0, 0.1) is 0 Å². The number of carboxylic acids is 1. The number of aliphatic carboxylic acids is 1. The number of carbonyl (C=O) groups is 2. The second kappa shape index (κ2) is 12.9. The van der Waals surface area contributed by atoms with Gasteiger partial charge in [0.2, 0.25) is 0 Å². The number of hydrogen-bond acceptors (Lipinski definition) is 4. The van der Waals surface area contributed by atoms with Crippen LogP contribution in [-0.2, 0) is 14.3 Å². The molecule has 0 radical (unpaired) electrons. The molecule has 0 aliphatic heterocycles. The first-order valence-corrected chi connectivity index (χ1v) is 10.5. The lowest BCUT2D eigenvalue weighted by Crippen LogP contribution is -2.28. The van der Waals surface area contributed by atoms with Gasteiger partial charge in [0.25, 0.3) is 0 Å². The van der Waals surface area contributed by atoms with Crippen LogP contribution in [0.1, 0.15) is 73.7 Å². The number of rotatable bonds is 12. The normalized spacial score (nSPS) is 19.2. The van der Waals surface area contributed by atoms with Crippen LogP contribution < -0.4 is 0 Å². The van der Waals surface area contributed by atoms with Crippen LogP contribution in [0.25, 0.3) is 6.08 Å². The first kappa shape index (κ1) is 22.9. The van der Waals surface area contributed by atoms with E-state index in [-0.39, 0.29) is 18.2 Å². The SMILES string of the molecule is C=CCCCCCCOC1CCC(OC(=O)c2ccc(/C=C/C(=O)O)cc2)CC1. The summed E-state index contributed by atoms with van der Waals surface area (Å²) in [6.45, 7) is 4.55. The van der Waals surface area contributed by atoms with E-state index in [0.717, 1.165) is 56.8 Å². The number of benzene rings is 1. The van der Waals surface area contributed by atoms with Crippen molar-refractivity contribution in [3.63, 3.8) is 0 Å². The maximum absolute atomic E-state index is 12.3. The zero-order valence-corrected chi connectivity index (χ0v) is 17.1. The Kier molecular flexibility index (Phi) is 10.2. The molecule has 1 aliphatic rings. The molecule has 1 saturated carbocycles. The zero-order valence-electron chi connectivity index (χ0n) is 17.1. The van der Waals surface area contributed by atoms with Gasteiger partial charge in [-0.2, -0.15) is 0 Å². The van der Waals surface area contributed by atoms with E-state index in [9.17, 15) is 9.59 Å². The fourth-order valence-corrected chi connectivity index (χ4v) is 3.43. The van der Waals surface area contributed by atoms with E-state index in [1.165, 1.54) is 25.3 Å². The molecular weight excluding hydrogens is 368 g/mol. The molecule has 158 valence electrons. The Balaban J connectivity index is 1.64. The maximum Gasteiger partial charge on any atom is 0.338 e. The highest BCUT2D eigenvalue weighted by Crippen LogP contribution is 2.24. The molecule has 0 heterocycles. The van der Waals surface area contributed by atoms with E-state index in [1.54, 1.807) is 24.3 Å². The van der Waals surface area contributed by atoms with Crippen LogP contribution in [0.3, 0.4) is 0 Å². The molecule has 5 heteroatoms. The molecule has 1 fully saturated rings. The fourth-order valence-electron chi connectivity index (χ4n) is 3.43. The number of unbranched alkanes of at least 4 members (excludes halogenated alkanes) is 4. The standard InChI is InChI=1S/C24H32O5/c1-2-3-4-5-6-7-18-28-21-13-15-22(16-14-21)29-24(27)20-11-8-19(9-12-20)10-17-23(25)26/h2,8-12,17,21-22H,1,3-7,13-16,18H2,(H,25,26)/b17-10+. The average molecular weight is 401 g/mol. The van der Waals surface area contributed by atoms with Gasteiger partial charge in [-0.15, -0.1) is 6.58 Å². The molecule has 0 saturated heterocycles. The van der Waals surface area contributed by atoms with Crippen LogP contribution in [0.2, 0.25) is 0 Å². The van der Waals surface area contributed by atoms with Gasteiger partial charge in [0, 0.05) is 12.7 Å². The molecular formula is C24H32O5. The third-order valence-electron chi connectivity index (χ3n) is 5.12. The topological polar surface area (TPSA) is 72.8 Å². The highest BCUT2D eigenvalue weighted by molar-refractivity contribution is 5.90. The van der Waals surface area contributed by atoms with Crippen molar-refractivity contribution in [2.45, 2.75) is 70.0 Å². The molecule has 1 N–H and O–H groups in total. The summed E-state index contributed by atoms with van der Waals surface area (Å²) in [4.78, 5) is 22.9. The summed E-state index contributed by atoms with van der Waals surface area (Å²) in [7, 11) is 0. The van der Waals surface area contributed by atoms with Gasteiger partial charge in [-0.05, 0) is 68.7 Å². The smallest absolute Gasteiger partial charge is 0.338 e. The number of allylic oxidation sites excluding steroid dienone is 1. The monoisotopic (exact) mass is 400 g/mol. The van der Waals surface area contributed by atoms with Crippen LogP contribution in [0.4, 0.5) is 0 Å². The van der Waals surface area contributed by atoms with Crippen molar-refractivity contribution in [2.24, 2.45) is 0 Å². The molecule has 1 aliphatic carbocycles. The second-order valence-electron chi connectivity index (χ2n) is 7.46. The Morgan fingerprint density at radius 3 is 2.31 bits per heavy atom. The van der Waals surface area contributed by atoms with Crippen molar-refractivity contribution < 1.29 is 24.2 Å². The van der Waals surface area contributed by atoms with E-state index in [2.05, 4.69) is 6.58 Å². The zero-order chi connectivity index (χ0) is 20.9. The summed E-state index contributed by atoms with van der Waals surface area (Å²) in [5.74, 6) is -1.33. The number of esters is 1. The van der Waals surface area contributed by atoms with Crippen molar-refractivity contribution >= 4 is 18.0 Å². The van der Waals surface area contributed by atoms with Gasteiger partial charge in [-0.25, -0.2) is 9.59 Å². The third-order valence-corrected chi connectivity index (χ3v) is 5.12. The van der Waals surface area contributed by atoms with Crippen LogP contribution in [-0.4, -0.2) is 35.9 Å². The first-order valence-electron chi connectivity index (χ1n) is 10.5.